The molecule has 24 heavy (non-hydrogen) atoms. The summed E-state index contributed by atoms with van der Waals surface area (Å²) in [5.41, 5.74) is 2.38. The molecule has 136 valence electrons. The normalized spacial score (nSPS) is 12.3. The summed E-state index contributed by atoms with van der Waals surface area (Å²) in [4.78, 5) is 15.1. The Bertz CT molecular complexity index is 543. The second-order valence-electron chi connectivity index (χ2n) is 7.54. The van der Waals surface area contributed by atoms with Crippen LogP contribution in [0.5, 0.6) is 0 Å². The monoisotopic (exact) mass is 367 g/mol. The zero-order valence-electron chi connectivity index (χ0n) is 16.6. The van der Waals surface area contributed by atoms with E-state index in [1.54, 1.807) is 0 Å². The summed E-state index contributed by atoms with van der Waals surface area (Å²) < 4.78 is 0. The van der Waals surface area contributed by atoms with Gasteiger partial charge in [0.1, 0.15) is 0 Å². The number of carbonyl (C=O) groups excluding carboxylic acids is 1. The Labute approximate surface area is 154 Å². The molecule has 0 saturated heterocycles. The number of hydrogen-bond acceptors (Lipinski definition) is 1. The van der Waals surface area contributed by atoms with E-state index in [4.69, 9.17) is 11.6 Å². The highest BCUT2D eigenvalue weighted by Crippen LogP contribution is 2.42. The van der Waals surface area contributed by atoms with Gasteiger partial charge in [-0.25, -0.2) is 0 Å². The van der Waals surface area contributed by atoms with Crippen molar-refractivity contribution in [3.63, 3.8) is 0 Å². The van der Waals surface area contributed by atoms with Crippen LogP contribution in [0.3, 0.4) is 0 Å². The quantitative estimate of drug-likeness (QED) is 0.565. The summed E-state index contributed by atoms with van der Waals surface area (Å²) in [6, 6.07) is 6.06. The van der Waals surface area contributed by atoms with E-state index in [9.17, 15) is 4.79 Å². The molecule has 1 amide bonds. The molecule has 0 saturated carbocycles. The van der Waals surface area contributed by atoms with Gasteiger partial charge in [0.2, 0.25) is 0 Å². The Morgan fingerprint density at radius 1 is 1.00 bits per heavy atom. The topological polar surface area (TPSA) is 20.3 Å². The van der Waals surface area contributed by atoms with Crippen molar-refractivity contribution in [2.24, 2.45) is 0 Å². The molecule has 0 aliphatic rings. The first-order valence-corrected chi connectivity index (χ1v) is 11.8. The first-order chi connectivity index (χ1) is 11.2. The van der Waals surface area contributed by atoms with E-state index in [1.165, 1.54) is 5.19 Å². The number of nitrogens with zero attached hydrogens (tertiary/aromatic N) is 1. The highest BCUT2D eigenvalue weighted by Gasteiger charge is 2.46. The van der Waals surface area contributed by atoms with Crippen molar-refractivity contribution in [3.8, 4) is 0 Å². The Morgan fingerprint density at radius 2 is 1.46 bits per heavy atom. The number of amides is 1. The molecule has 1 aromatic carbocycles. The average Bonchev–Trinajstić information content (AvgIpc) is 2.47. The lowest BCUT2D eigenvalue weighted by molar-refractivity contribution is 0.0774. The first kappa shape index (κ1) is 21.2. The van der Waals surface area contributed by atoms with Gasteiger partial charge in [-0.3, -0.25) is 4.79 Å². The smallest absolute Gasteiger partial charge is 0.255 e. The number of benzene rings is 1. The molecule has 1 aromatic rings. The minimum atomic E-state index is -1.95. The van der Waals surface area contributed by atoms with Crippen molar-refractivity contribution in [1.82, 2.24) is 4.90 Å². The first-order valence-electron chi connectivity index (χ1n) is 9.24. The maximum atomic E-state index is 13.2. The van der Waals surface area contributed by atoms with Gasteiger partial charge < -0.3 is 4.90 Å². The van der Waals surface area contributed by atoms with Gasteiger partial charge in [0.15, 0.2) is 0 Å². The van der Waals surface area contributed by atoms with Gasteiger partial charge in [-0.05, 0) is 41.7 Å². The Kier molecular flexibility index (Phi) is 7.55. The molecule has 0 aromatic heterocycles. The lowest BCUT2D eigenvalue weighted by atomic mass is 10.2. The molecule has 0 spiro atoms. The summed E-state index contributed by atoms with van der Waals surface area (Å²) in [6.45, 7) is 19.4. The lowest BCUT2D eigenvalue weighted by Crippen LogP contribution is -2.58. The third-order valence-corrected chi connectivity index (χ3v) is 13.0. The molecule has 0 bridgehead atoms. The molecule has 0 heterocycles. The second-order valence-corrected chi connectivity index (χ2v) is 13.8. The zero-order chi connectivity index (χ0) is 18.7. The molecule has 0 unspecified atom stereocenters. The Morgan fingerprint density at radius 3 is 1.83 bits per heavy atom. The number of rotatable bonds is 7. The molecule has 0 radical (unpaired) electrons. The molecular weight excluding hydrogens is 334 g/mol. The largest absolute Gasteiger partial charge is 0.339 e. The fourth-order valence-electron chi connectivity index (χ4n) is 4.70. The zero-order valence-corrected chi connectivity index (χ0v) is 18.4. The summed E-state index contributed by atoms with van der Waals surface area (Å²) >= 11 is 6.58. The van der Waals surface area contributed by atoms with Crippen molar-refractivity contribution < 1.29 is 4.79 Å². The van der Waals surface area contributed by atoms with Gasteiger partial charge in [0.05, 0.1) is 18.7 Å². The summed E-state index contributed by atoms with van der Waals surface area (Å²) in [7, 11) is -1.95. The van der Waals surface area contributed by atoms with Crippen LogP contribution in [0.1, 0.15) is 65.7 Å². The Hall–Kier alpha value is -0.803. The van der Waals surface area contributed by atoms with Crippen molar-refractivity contribution in [2.75, 3.05) is 13.1 Å². The van der Waals surface area contributed by atoms with Crippen LogP contribution in [-0.2, 0) is 0 Å². The molecule has 0 fully saturated rings. The summed E-state index contributed by atoms with van der Waals surface area (Å²) in [5, 5.41) is 1.84. The maximum Gasteiger partial charge on any atom is 0.255 e. The number of carbonyl (C=O) groups is 1. The van der Waals surface area contributed by atoms with E-state index < -0.39 is 8.07 Å². The van der Waals surface area contributed by atoms with Gasteiger partial charge in [-0.1, -0.05) is 65.3 Å². The van der Waals surface area contributed by atoms with E-state index in [0.29, 0.717) is 34.7 Å². The predicted octanol–water partition coefficient (Wildman–Crippen LogP) is 5.71. The maximum absolute atomic E-state index is 13.2. The SMILES string of the molecule is CCN(CC)C(=O)c1c(Cl)cccc1[Si](C(C)C)(C(C)C)C(C)C. The molecule has 2 nitrogen and oxygen atoms in total. The van der Waals surface area contributed by atoms with Crippen LogP contribution in [0, 0.1) is 0 Å². The average molecular weight is 368 g/mol. The van der Waals surface area contributed by atoms with Crippen LogP contribution < -0.4 is 5.19 Å². The van der Waals surface area contributed by atoms with Crippen molar-refractivity contribution >= 4 is 30.8 Å². The third kappa shape index (κ3) is 3.57. The van der Waals surface area contributed by atoms with E-state index in [2.05, 4.69) is 47.6 Å². The van der Waals surface area contributed by atoms with Gasteiger partial charge in [-0.15, -0.1) is 0 Å². The Balaban J connectivity index is 3.75. The van der Waals surface area contributed by atoms with E-state index in [0.717, 1.165) is 5.56 Å². The lowest BCUT2D eigenvalue weighted by Gasteiger charge is -2.45. The van der Waals surface area contributed by atoms with E-state index >= 15 is 0 Å². The molecule has 1 rings (SSSR count). The van der Waals surface area contributed by atoms with Crippen LogP contribution in [-0.4, -0.2) is 32.0 Å². The van der Waals surface area contributed by atoms with Gasteiger partial charge >= 0.3 is 0 Å². The van der Waals surface area contributed by atoms with Crippen molar-refractivity contribution in [2.45, 2.75) is 72.0 Å². The molecule has 4 heteroatoms. The fourth-order valence-corrected chi connectivity index (χ4v) is 12.0. The number of halogens is 1. The van der Waals surface area contributed by atoms with E-state index in [1.807, 2.05) is 30.9 Å². The van der Waals surface area contributed by atoms with E-state index in [-0.39, 0.29) is 5.91 Å². The highest BCUT2D eigenvalue weighted by atomic mass is 35.5. The standard InChI is InChI=1S/C20H34ClNOSi/c1-9-22(10-2)20(23)19-17(21)12-11-13-18(19)24(14(3)4,15(5)6)16(7)8/h11-16H,9-10H2,1-8H3. The molecule has 0 aliphatic heterocycles. The summed E-state index contributed by atoms with van der Waals surface area (Å²) in [5.74, 6) is 0.0828. The number of hydrogen-bond donors (Lipinski definition) is 0. The molecule has 0 aliphatic carbocycles. The molecular formula is C20H34ClNOSi. The minimum Gasteiger partial charge on any atom is -0.339 e. The van der Waals surface area contributed by atoms with Gasteiger partial charge in [-0.2, -0.15) is 0 Å². The van der Waals surface area contributed by atoms with Gasteiger partial charge in [0.25, 0.3) is 5.91 Å². The fraction of sp³-hybridized carbons (Fsp3) is 0.650. The van der Waals surface area contributed by atoms with Crippen molar-refractivity contribution in [1.29, 1.82) is 0 Å². The molecule has 0 N–H and O–H groups in total. The van der Waals surface area contributed by atoms with Gasteiger partial charge in [0, 0.05) is 13.1 Å². The van der Waals surface area contributed by atoms with Crippen molar-refractivity contribution in [3.05, 3.63) is 28.8 Å². The summed E-state index contributed by atoms with van der Waals surface area (Å²) in [6.07, 6.45) is 0. The molecule has 0 atom stereocenters. The van der Waals surface area contributed by atoms with Crippen LogP contribution >= 0.6 is 11.6 Å². The van der Waals surface area contributed by atoms with Crippen LogP contribution in [0.25, 0.3) is 0 Å². The van der Waals surface area contributed by atoms with Crippen LogP contribution in [0.15, 0.2) is 18.2 Å². The van der Waals surface area contributed by atoms with Crippen LogP contribution in [0.2, 0.25) is 21.6 Å². The predicted molar refractivity (Wildman–Crippen MR) is 109 cm³/mol. The van der Waals surface area contributed by atoms with Crippen LogP contribution in [0.4, 0.5) is 0 Å². The third-order valence-electron chi connectivity index (χ3n) is 5.61. The highest BCUT2D eigenvalue weighted by molar-refractivity contribution is 6.95. The second kappa shape index (κ2) is 8.53. The minimum absolute atomic E-state index is 0.0828.